The number of hydrogen-bond acceptors (Lipinski definition) is 5. The van der Waals surface area contributed by atoms with Gasteiger partial charge in [-0.3, -0.25) is 4.79 Å². The molecule has 0 unspecified atom stereocenters. The third-order valence-corrected chi connectivity index (χ3v) is 3.74. The Morgan fingerprint density at radius 3 is 2.31 bits per heavy atom. The van der Waals surface area contributed by atoms with Gasteiger partial charge < -0.3 is 14.6 Å². The van der Waals surface area contributed by atoms with Crippen molar-refractivity contribution in [3.63, 3.8) is 0 Å². The predicted octanol–water partition coefficient (Wildman–Crippen LogP) is 4.19. The molecule has 154 valence electrons. The van der Waals surface area contributed by atoms with Crippen molar-refractivity contribution in [1.29, 1.82) is 0 Å². The van der Waals surface area contributed by atoms with Crippen molar-refractivity contribution in [1.82, 2.24) is 14.5 Å². The molecule has 1 aromatic carbocycles. The molecule has 3 rings (SSSR count). The van der Waals surface area contributed by atoms with E-state index in [2.05, 4.69) is 15.3 Å². The van der Waals surface area contributed by atoms with Crippen LogP contribution in [0.15, 0.2) is 41.3 Å². The summed E-state index contributed by atoms with van der Waals surface area (Å²) < 4.78 is 46.9. The molecule has 0 amide bonds. The van der Waals surface area contributed by atoms with E-state index in [1.165, 1.54) is 11.7 Å². The van der Waals surface area contributed by atoms with E-state index in [0.717, 1.165) is 24.4 Å². The number of ether oxygens (including phenoxy) is 1. The van der Waals surface area contributed by atoms with Crippen molar-refractivity contribution in [2.24, 2.45) is 0 Å². The average molecular weight is 406 g/mol. The van der Waals surface area contributed by atoms with Crippen molar-refractivity contribution in [2.75, 3.05) is 12.4 Å². The third-order valence-electron chi connectivity index (χ3n) is 3.74. The molecule has 2 heterocycles. The Morgan fingerprint density at radius 2 is 1.72 bits per heavy atom. The van der Waals surface area contributed by atoms with E-state index in [4.69, 9.17) is 4.74 Å². The van der Waals surface area contributed by atoms with Crippen LogP contribution in [-0.4, -0.2) is 21.6 Å². The van der Waals surface area contributed by atoms with E-state index in [1.54, 1.807) is 19.1 Å². The Labute approximate surface area is 166 Å². The molecule has 0 atom stereocenters. The van der Waals surface area contributed by atoms with Crippen molar-refractivity contribution in [3.05, 3.63) is 75.6 Å². The van der Waals surface area contributed by atoms with Gasteiger partial charge in [0.25, 0.3) is 0 Å². The topological polar surface area (TPSA) is 69.0 Å². The third kappa shape index (κ3) is 5.56. The molecule has 1 N–H and O–H groups in total. The first kappa shape index (κ1) is 21.9. The molecular formula is C20H21F3N4O2. The highest BCUT2D eigenvalue weighted by molar-refractivity contribution is 5.57. The first-order valence-electron chi connectivity index (χ1n) is 8.86. The summed E-state index contributed by atoms with van der Waals surface area (Å²) in [7, 11) is 1.48. The number of halogens is 3. The lowest BCUT2D eigenvalue weighted by atomic mass is 10.2. The Hall–Kier alpha value is -3.36. The van der Waals surface area contributed by atoms with E-state index in [0.29, 0.717) is 17.3 Å². The summed E-state index contributed by atoms with van der Waals surface area (Å²) in [6.07, 6.45) is 0.923. The van der Waals surface area contributed by atoms with Crippen LogP contribution in [-0.2, 0) is 6.54 Å². The van der Waals surface area contributed by atoms with Crippen molar-refractivity contribution in [3.8, 4) is 5.88 Å². The number of nitrogens with one attached hydrogen (secondary N) is 1. The van der Waals surface area contributed by atoms with Crippen LogP contribution in [0.3, 0.4) is 0 Å². The molecule has 6 nitrogen and oxygen atoms in total. The highest BCUT2D eigenvalue weighted by atomic mass is 19.1. The van der Waals surface area contributed by atoms with Gasteiger partial charge in [-0.15, -0.1) is 0 Å². The molecule has 0 aliphatic carbocycles. The van der Waals surface area contributed by atoms with Crippen LogP contribution in [0.1, 0.15) is 25.1 Å². The molecule has 0 bridgehead atoms. The monoisotopic (exact) mass is 406 g/mol. The van der Waals surface area contributed by atoms with Crippen molar-refractivity contribution in [2.45, 2.75) is 27.3 Å². The smallest absolute Gasteiger partial charge is 0.310 e. The van der Waals surface area contributed by atoms with E-state index >= 15 is 0 Å². The van der Waals surface area contributed by atoms with Gasteiger partial charge in [0.15, 0.2) is 0 Å². The number of anilines is 2. The van der Waals surface area contributed by atoms with Gasteiger partial charge in [0.05, 0.1) is 25.0 Å². The highest BCUT2D eigenvalue weighted by Crippen LogP contribution is 2.21. The van der Waals surface area contributed by atoms with Gasteiger partial charge in [-0.1, -0.05) is 13.8 Å². The lowest BCUT2D eigenvalue weighted by Crippen LogP contribution is -2.20. The molecule has 0 aliphatic heterocycles. The molecular weight excluding hydrogens is 385 g/mol. The van der Waals surface area contributed by atoms with E-state index in [9.17, 15) is 18.0 Å². The van der Waals surface area contributed by atoms with E-state index in [1.807, 2.05) is 13.8 Å². The van der Waals surface area contributed by atoms with Crippen LogP contribution >= 0.6 is 0 Å². The fourth-order valence-corrected chi connectivity index (χ4v) is 2.49. The Bertz CT molecular complexity index is 1030. The number of aryl methyl sites for hydroxylation is 1. The predicted molar refractivity (Wildman–Crippen MR) is 104 cm³/mol. The molecule has 0 radical (unpaired) electrons. The molecule has 0 aliphatic rings. The molecule has 9 heteroatoms. The summed E-state index contributed by atoms with van der Waals surface area (Å²) in [5.41, 5.74) is 0.244. The summed E-state index contributed by atoms with van der Waals surface area (Å²) in [5, 5.41) is 2.89. The number of methoxy groups -OCH3 is 1. The molecule has 0 fully saturated rings. The molecule has 0 saturated carbocycles. The number of pyridine rings is 1. The normalized spacial score (nSPS) is 10.2. The lowest BCUT2D eigenvalue weighted by Gasteiger charge is -2.15. The number of hydrogen-bond donors (Lipinski definition) is 1. The van der Waals surface area contributed by atoms with Crippen LogP contribution in [0.2, 0.25) is 0 Å². The van der Waals surface area contributed by atoms with Crippen LogP contribution < -0.4 is 15.6 Å². The quantitative estimate of drug-likeness (QED) is 0.688. The summed E-state index contributed by atoms with van der Waals surface area (Å²) in [4.78, 5) is 19.5. The van der Waals surface area contributed by atoms with Gasteiger partial charge in [0.1, 0.15) is 11.6 Å². The SMILES string of the molecule is CC.COc1ccc(Nc2nc(=O)c(F)cn2Cc2cc(F)cc(F)c2)c(C)n1. The van der Waals surface area contributed by atoms with E-state index in [-0.39, 0.29) is 18.1 Å². The first-order valence-corrected chi connectivity index (χ1v) is 8.86. The Kier molecular flexibility index (Phi) is 7.35. The lowest BCUT2D eigenvalue weighted by molar-refractivity contribution is 0.397. The fourth-order valence-electron chi connectivity index (χ4n) is 2.49. The van der Waals surface area contributed by atoms with Gasteiger partial charge in [0, 0.05) is 18.3 Å². The fraction of sp³-hybridized carbons (Fsp3) is 0.250. The second-order valence-corrected chi connectivity index (χ2v) is 5.73. The molecule has 0 saturated heterocycles. The number of rotatable bonds is 5. The minimum Gasteiger partial charge on any atom is -0.481 e. The van der Waals surface area contributed by atoms with E-state index < -0.39 is 23.0 Å². The maximum Gasteiger partial charge on any atom is 0.310 e. The molecule has 0 spiro atoms. The zero-order chi connectivity index (χ0) is 21.6. The van der Waals surface area contributed by atoms with Gasteiger partial charge in [-0.2, -0.15) is 9.37 Å². The second kappa shape index (κ2) is 9.72. The van der Waals surface area contributed by atoms with Gasteiger partial charge in [0.2, 0.25) is 17.6 Å². The van der Waals surface area contributed by atoms with Crippen LogP contribution in [0, 0.1) is 24.4 Å². The summed E-state index contributed by atoms with van der Waals surface area (Å²) in [6.45, 7) is 5.60. The minimum atomic E-state index is -1.08. The maximum atomic E-state index is 13.7. The van der Waals surface area contributed by atoms with Crippen LogP contribution in [0.4, 0.5) is 24.8 Å². The maximum absolute atomic E-state index is 13.7. The molecule has 2 aromatic heterocycles. The average Bonchev–Trinajstić information content (AvgIpc) is 2.68. The van der Waals surface area contributed by atoms with Crippen LogP contribution in [0.25, 0.3) is 0 Å². The summed E-state index contributed by atoms with van der Waals surface area (Å²) >= 11 is 0. The second-order valence-electron chi connectivity index (χ2n) is 5.73. The number of aromatic nitrogens is 3. The Balaban J connectivity index is 0.00000145. The standard InChI is InChI=1S/C18H15F3N4O2.C2H6/c1-10-15(3-4-16(22-10)27-2)23-18-24-17(26)14(21)9-25(18)8-11-5-12(19)7-13(20)6-11;1-2/h3-7,9H,8H2,1-2H3,(H,23,24,26);1-2H3. The number of benzene rings is 1. The minimum absolute atomic E-state index is 0.00105. The summed E-state index contributed by atoms with van der Waals surface area (Å²) in [6, 6.07) is 6.22. The largest absolute Gasteiger partial charge is 0.481 e. The van der Waals surface area contributed by atoms with Crippen molar-refractivity contribution >= 4 is 11.6 Å². The number of nitrogens with zero attached hydrogens (tertiary/aromatic N) is 3. The van der Waals surface area contributed by atoms with Crippen molar-refractivity contribution < 1.29 is 17.9 Å². The zero-order valence-electron chi connectivity index (χ0n) is 16.5. The first-order chi connectivity index (χ1) is 13.9. The zero-order valence-corrected chi connectivity index (χ0v) is 16.5. The van der Waals surface area contributed by atoms with Gasteiger partial charge >= 0.3 is 5.56 Å². The van der Waals surface area contributed by atoms with Gasteiger partial charge in [-0.05, 0) is 30.7 Å². The highest BCUT2D eigenvalue weighted by Gasteiger charge is 2.12. The van der Waals surface area contributed by atoms with Crippen LogP contribution in [0.5, 0.6) is 5.88 Å². The Morgan fingerprint density at radius 1 is 1.07 bits per heavy atom. The van der Waals surface area contributed by atoms with Gasteiger partial charge in [-0.25, -0.2) is 13.8 Å². The summed E-state index contributed by atoms with van der Waals surface area (Å²) in [5.74, 6) is -2.20. The molecule has 3 aromatic rings. The molecule has 29 heavy (non-hydrogen) atoms.